The summed E-state index contributed by atoms with van der Waals surface area (Å²) in [4.78, 5) is 0. The van der Waals surface area contributed by atoms with Crippen molar-refractivity contribution < 1.29 is 9.13 Å². The molecule has 3 rings (SSSR count). The molecule has 0 fully saturated rings. The predicted octanol–water partition coefficient (Wildman–Crippen LogP) is 3.74. The molecule has 0 aliphatic heterocycles. The molecule has 2 aromatic rings. The van der Waals surface area contributed by atoms with Gasteiger partial charge >= 0.3 is 0 Å². The van der Waals surface area contributed by atoms with Crippen LogP contribution in [0.25, 0.3) is 0 Å². The van der Waals surface area contributed by atoms with E-state index in [0.717, 1.165) is 30.6 Å². The van der Waals surface area contributed by atoms with Gasteiger partial charge in [-0.1, -0.05) is 18.2 Å². The zero-order chi connectivity index (χ0) is 13.9. The van der Waals surface area contributed by atoms with E-state index in [9.17, 15) is 4.39 Å². The minimum absolute atomic E-state index is 0.119. The summed E-state index contributed by atoms with van der Waals surface area (Å²) in [6, 6.07) is 12.6. The molecule has 0 spiro atoms. The van der Waals surface area contributed by atoms with Crippen molar-refractivity contribution in [3.8, 4) is 5.75 Å². The van der Waals surface area contributed by atoms with E-state index < -0.39 is 0 Å². The monoisotopic (exact) mass is 271 g/mol. The van der Waals surface area contributed by atoms with Crippen LogP contribution in [0.4, 0.5) is 4.39 Å². The summed E-state index contributed by atoms with van der Waals surface area (Å²) in [7, 11) is 0. The average Bonchev–Trinajstić information content (AvgIpc) is 2.47. The smallest absolute Gasteiger partial charge is 0.123 e. The molecule has 0 aromatic heterocycles. The third kappa shape index (κ3) is 2.83. The van der Waals surface area contributed by atoms with Gasteiger partial charge in [0.2, 0.25) is 0 Å². The van der Waals surface area contributed by atoms with Gasteiger partial charge in [0.25, 0.3) is 0 Å². The highest BCUT2D eigenvalue weighted by atomic mass is 19.1. The number of aryl methyl sites for hydroxylation is 1. The minimum Gasteiger partial charge on any atom is -0.489 e. The second-order valence-corrected chi connectivity index (χ2v) is 5.27. The van der Waals surface area contributed by atoms with Gasteiger partial charge in [-0.2, -0.15) is 0 Å². The molecule has 2 N–H and O–H groups in total. The van der Waals surface area contributed by atoms with Crippen LogP contribution in [-0.2, 0) is 13.0 Å². The van der Waals surface area contributed by atoms with Gasteiger partial charge in [0.05, 0.1) is 0 Å². The van der Waals surface area contributed by atoms with Crippen LogP contribution in [0.3, 0.4) is 0 Å². The molecule has 0 bridgehead atoms. The Bertz CT molecular complexity index is 594. The van der Waals surface area contributed by atoms with Gasteiger partial charge in [0, 0.05) is 6.04 Å². The molecular weight excluding hydrogens is 253 g/mol. The molecule has 0 saturated heterocycles. The molecule has 2 nitrogen and oxygen atoms in total. The number of hydrogen-bond donors (Lipinski definition) is 1. The summed E-state index contributed by atoms with van der Waals surface area (Å²) < 4.78 is 18.6. The summed E-state index contributed by atoms with van der Waals surface area (Å²) >= 11 is 0. The van der Waals surface area contributed by atoms with Crippen molar-refractivity contribution in [2.45, 2.75) is 31.9 Å². The van der Waals surface area contributed by atoms with E-state index >= 15 is 0 Å². The topological polar surface area (TPSA) is 35.2 Å². The number of halogens is 1. The first kappa shape index (κ1) is 13.1. The van der Waals surface area contributed by atoms with Gasteiger partial charge in [-0.15, -0.1) is 0 Å². The van der Waals surface area contributed by atoms with Crippen LogP contribution in [0, 0.1) is 5.82 Å². The summed E-state index contributed by atoms with van der Waals surface area (Å²) in [5.41, 5.74) is 9.63. The molecule has 3 heteroatoms. The van der Waals surface area contributed by atoms with Crippen LogP contribution < -0.4 is 10.5 Å². The number of hydrogen-bond acceptors (Lipinski definition) is 2. The Morgan fingerprint density at radius 3 is 2.75 bits per heavy atom. The number of rotatable bonds is 3. The molecule has 1 atom stereocenters. The van der Waals surface area contributed by atoms with Crippen LogP contribution in [0.1, 0.15) is 35.6 Å². The maximum Gasteiger partial charge on any atom is 0.123 e. The molecule has 1 aliphatic rings. The zero-order valence-electron chi connectivity index (χ0n) is 11.3. The van der Waals surface area contributed by atoms with E-state index in [-0.39, 0.29) is 11.9 Å². The fourth-order valence-electron chi connectivity index (χ4n) is 2.65. The zero-order valence-corrected chi connectivity index (χ0v) is 11.3. The fourth-order valence-corrected chi connectivity index (χ4v) is 2.65. The van der Waals surface area contributed by atoms with Crippen LogP contribution in [-0.4, -0.2) is 0 Å². The molecule has 1 aliphatic carbocycles. The molecule has 2 aromatic carbocycles. The van der Waals surface area contributed by atoms with Crippen molar-refractivity contribution in [3.63, 3.8) is 0 Å². The first-order valence-electron chi connectivity index (χ1n) is 6.98. The van der Waals surface area contributed by atoms with E-state index in [1.54, 1.807) is 12.1 Å². The van der Waals surface area contributed by atoms with Crippen molar-refractivity contribution in [2.75, 3.05) is 0 Å². The van der Waals surface area contributed by atoms with Gasteiger partial charge in [0.1, 0.15) is 18.2 Å². The van der Waals surface area contributed by atoms with Gasteiger partial charge in [-0.05, 0) is 60.2 Å². The molecule has 0 heterocycles. The van der Waals surface area contributed by atoms with Crippen LogP contribution in [0.5, 0.6) is 5.75 Å². The largest absolute Gasteiger partial charge is 0.489 e. The lowest BCUT2D eigenvalue weighted by Crippen LogP contribution is -2.17. The van der Waals surface area contributed by atoms with Crippen molar-refractivity contribution in [3.05, 3.63) is 65.0 Å². The standard InChI is InChI=1S/C17H18FNO/c18-14-7-4-12(5-8-14)11-20-15-9-6-13-2-1-3-17(19)16(13)10-15/h4-10,17H,1-3,11,19H2/t17-/m0/s1. The van der Waals surface area contributed by atoms with Crippen molar-refractivity contribution in [1.82, 2.24) is 0 Å². The molecule has 0 saturated carbocycles. The van der Waals surface area contributed by atoms with Crippen molar-refractivity contribution in [2.24, 2.45) is 5.73 Å². The van der Waals surface area contributed by atoms with E-state index in [0.29, 0.717) is 6.61 Å². The lowest BCUT2D eigenvalue weighted by Gasteiger charge is -2.22. The van der Waals surface area contributed by atoms with Crippen molar-refractivity contribution in [1.29, 1.82) is 0 Å². The lowest BCUT2D eigenvalue weighted by molar-refractivity contribution is 0.305. The first-order valence-corrected chi connectivity index (χ1v) is 6.98. The van der Waals surface area contributed by atoms with Crippen LogP contribution in [0.2, 0.25) is 0 Å². The Kier molecular flexibility index (Phi) is 3.70. The van der Waals surface area contributed by atoms with Gasteiger partial charge in [-0.3, -0.25) is 0 Å². The number of fused-ring (bicyclic) bond motifs is 1. The predicted molar refractivity (Wildman–Crippen MR) is 77.0 cm³/mol. The molecule has 20 heavy (non-hydrogen) atoms. The van der Waals surface area contributed by atoms with Gasteiger partial charge in [-0.25, -0.2) is 4.39 Å². The molecule has 0 unspecified atom stereocenters. The number of benzene rings is 2. The second kappa shape index (κ2) is 5.63. The normalized spacial score (nSPS) is 17.6. The Morgan fingerprint density at radius 1 is 1.15 bits per heavy atom. The molecule has 104 valence electrons. The highest BCUT2D eigenvalue weighted by molar-refractivity contribution is 5.39. The van der Waals surface area contributed by atoms with E-state index in [4.69, 9.17) is 10.5 Å². The van der Waals surface area contributed by atoms with E-state index in [2.05, 4.69) is 6.07 Å². The Hall–Kier alpha value is -1.87. The summed E-state index contributed by atoms with van der Waals surface area (Å²) in [6.07, 6.45) is 3.29. The quantitative estimate of drug-likeness (QED) is 0.923. The number of nitrogens with two attached hydrogens (primary N) is 1. The van der Waals surface area contributed by atoms with Crippen LogP contribution >= 0.6 is 0 Å². The molecule has 0 radical (unpaired) electrons. The third-order valence-electron chi connectivity index (χ3n) is 3.80. The lowest BCUT2D eigenvalue weighted by atomic mass is 9.88. The van der Waals surface area contributed by atoms with Gasteiger partial charge in [0.15, 0.2) is 0 Å². The second-order valence-electron chi connectivity index (χ2n) is 5.27. The van der Waals surface area contributed by atoms with E-state index in [1.165, 1.54) is 23.3 Å². The Balaban J connectivity index is 1.72. The first-order chi connectivity index (χ1) is 9.72. The average molecular weight is 271 g/mol. The number of ether oxygens (including phenoxy) is 1. The van der Waals surface area contributed by atoms with E-state index in [1.807, 2.05) is 12.1 Å². The maximum atomic E-state index is 12.8. The molecular formula is C17H18FNO. The summed E-state index contributed by atoms with van der Waals surface area (Å²) in [5, 5.41) is 0. The third-order valence-corrected chi connectivity index (χ3v) is 3.80. The van der Waals surface area contributed by atoms with Crippen LogP contribution in [0.15, 0.2) is 42.5 Å². The van der Waals surface area contributed by atoms with Crippen molar-refractivity contribution >= 4 is 0 Å². The SMILES string of the molecule is N[C@H]1CCCc2ccc(OCc3ccc(F)cc3)cc21. The Labute approximate surface area is 118 Å². The fraction of sp³-hybridized carbons (Fsp3) is 0.294. The van der Waals surface area contributed by atoms with Gasteiger partial charge < -0.3 is 10.5 Å². The summed E-state index contributed by atoms with van der Waals surface area (Å²) in [5.74, 6) is 0.596. The summed E-state index contributed by atoms with van der Waals surface area (Å²) in [6.45, 7) is 0.439. The molecule has 0 amide bonds. The maximum absolute atomic E-state index is 12.8. The highest BCUT2D eigenvalue weighted by Gasteiger charge is 2.17. The highest BCUT2D eigenvalue weighted by Crippen LogP contribution is 2.31. The minimum atomic E-state index is -0.228. The Morgan fingerprint density at radius 2 is 1.95 bits per heavy atom.